The minimum atomic E-state index is -0.225. The molecule has 1 aliphatic rings. The first-order chi connectivity index (χ1) is 8.70. The first-order valence-electron chi connectivity index (χ1n) is 5.77. The fraction of sp³-hybridized carbons (Fsp3) is 0.143. The van der Waals surface area contributed by atoms with E-state index in [0.29, 0.717) is 0 Å². The lowest BCUT2D eigenvalue weighted by molar-refractivity contribution is 0.264. The van der Waals surface area contributed by atoms with Gasteiger partial charge >= 0.3 is 0 Å². The number of hydrogen-bond donors (Lipinski definition) is 2. The molecule has 0 aromatic heterocycles. The highest BCUT2D eigenvalue weighted by Crippen LogP contribution is 2.32. The molecule has 1 aliphatic heterocycles. The molecule has 0 radical (unpaired) electrons. The summed E-state index contributed by atoms with van der Waals surface area (Å²) in [4.78, 5) is 0. The second kappa shape index (κ2) is 4.53. The van der Waals surface area contributed by atoms with Crippen molar-refractivity contribution in [2.45, 2.75) is 13.3 Å². The van der Waals surface area contributed by atoms with Gasteiger partial charge in [-0.25, -0.2) is 0 Å². The third-order valence-electron chi connectivity index (χ3n) is 2.83. The molecule has 0 bridgehead atoms. The summed E-state index contributed by atoms with van der Waals surface area (Å²) in [6, 6.07) is 14.1. The number of nitrogens with one attached hydrogen (secondary N) is 2. The highest BCUT2D eigenvalue weighted by molar-refractivity contribution is 9.10. The maximum atomic E-state index is 5.82. The molecule has 4 heteroatoms. The van der Waals surface area contributed by atoms with E-state index in [1.165, 1.54) is 5.56 Å². The van der Waals surface area contributed by atoms with Crippen molar-refractivity contribution in [1.29, 1.82) is 0 Å². The van der Waals surface area contributed by atoms with Gasteiger partial charge in [-0.15, -0.1) is 0 Å². The van der Waals surface area contributed by atoms with Crippen LogP contribution in [0.5, 0.6) is 5.75 Å². The predicted molar refractivity (Wildman–Crippen MR) is 77.0 cm³/mol. The van der Waals surface area contributed by atoms with Gasteiger partial charge in [0, 0.05) is 4.47 Å². The zero-order valence-electron chi connectivity index (χ0n) is 9.91. The van der Waals surface area contributed by atoms with Gasteiger partial charge in [0.15, 0.2) is 0 Å². The molecule has 0 aliphatic carbocycles. The summed E-state index contributed by atoms with van der Waals surface area (Å²) >= 11 is 3.45. The maximum Gasteiger partial charge on any atom is 0.248 e. The highest BCUT2D eigenvalue weighted by Gasteiger charge is 2.20. The molecule has 0 saturated heterocycles. The molecule has 0 amide bonds. The first-order valence-corrected chi connectivity index (χ1v) is 6.56. The Labute approximate surface area is 114 Å². The van der Waals surface area contributed by atoms with E-state index in [1.54, 1.807) is 0 Å². The van der Waals surface area contributed by atoms with E-state index in [2.05, 4.69) is 33.5 Å². The Morgan fingerprint density at radius 2 is 1.72 bits per heavy atom. The number of hydrogen-bond acceptors (Lipinski definition) is 3. The van der Waals surface area contributed by atoms with Crippen molar-refractivity contribution in [2.75, 3.05) is 10.6 Å². The Kier molecular flexibility index (Phi) is 2.88. The second-order valence-corrected chi connectivity index (χ2v) is 5.21. The van der Waals surface area contributed by atoms with Crippen molar-refractivity contribution >= 4 is 27.3 Å². The number of anilines is 2. The minimum absolute atomic E-state index is 0.225. The Morgan fingerprint density at radius 1 is 1.00 bits per heavy atom. The van der Waals surface area contributed by atoms with Gasteiger partial charge in [0.05, 0.1) is 11.4 Å². The third kappa shape index (κ3) is 2.29. The standard InChI is InChI=1S/C14H13BrN2O/c1-9-2-5-11(6-3-9)18-14-16-12-7-4-10(15)8-13(12)17-14/h2-8,14,16-17H,1H3/t14-/m0/s1. The van der Waals surface area contributed by atoms with Crippen LogP contribution in [0.25, 0.3) is 0 Å². The van der Waals surface area contributed by atoms with Crippen molar-refractivity contribution in [3.63, 3.8) is 0 Å². The van der Waals surface area contributed by atoms with E-state index in [9.17, 15) is 0 Å². The van der Waals surface area contributed by atoms with E-state index in [1.807, 2.05) is 42.5 Å². The van der Waals surface area contributed by atoms with Crippen LogP contribution >= 0.6 is 15.9 Å². The third-order valence-corrected chi connectivity index (χ3v) is 3.32. The van der Waals surface area contributed by atoms with E-state index < -0.39 is 0 Å². The highest BCUT2D eigenvalue weighted by atomic mass is 79.9. The Balaban J connectivity index is 1.72. The Morgan fingerprint density at radius 3 is 2.50 bits per heavy atom. The van der Waals surface area contributed by atoms with Gasteiger partial charge in [0.1, 0.15) is 5.75 Å². The molecule has 0 fully saturated rings. The lowest BCUT2D eigenvalue weighted by Crippen LogP contribution is -2.28. The smallest absolute Gasteiger partial charge is 0.248 e. The van der Waals surface area contributed by atoms with Crippen molar-refractivity contribution in [3.05, 3.63) is 52.5 Å². The summed E-state index contributed by atoms with van der Waals surface area (Å²) < 4.78 is 6.86. The molecule has 0 saturated carbocycles. The molecule has 2 N–H and O–H groups in total. The fourth-order valence-corrected chi connectivity index (χ4v) is 2.25. The van der Waals surface area contributed by atoms with Crippen LogP contribution in [-0.2, 0) is 0 Å². The van der Waals surface area contributed by atoms with E-state index in [-0.39, 0.29) is 6.35 Å². The topological polar surface area (TPSA) is 33.3 Å². The van der Waals surface area contributed by atoms with Crippen LogP contribution < -0.4 is 15.4 Å². The Hall–Kier alpha value is -1.68. The first kappa shape index (κ1) is 11.4. The van der Waals surface area contributed by atoms with Crippen LogP contribution in [0.1, 0.15) is 5.56 Å². The normalized spacial score (nSPS) is 16.7. The molecule has 0 spiro atoms. The summed E-state index contributed by atoms with van der Waals surface area (Å²) in [5.41, 5.74) is 3.32. The zero-order chi connectivity index (χ0) is 12.5. The monoisotopic (exact) mass is 304 g/mol. The number of ether oxygens (including phenoxy) is 1. The van der Waals surface area contributed by atoms with Gasteiger partial charge in [0.25, 0.3) is 0 Å². The van der Waals surface area contributed by atoms with Crippen LogP contribution in [0.4, 0.5) is 11.4 Å². The molecular formula is C14H13BrN2O. The van der Waals surface area contributed by atoms with Gasteiger partial charge in [-0.3, -0.25) is 0 Å². The molecule has 3 rings (SSSR count). The summed E-state index contributed by atoms with van der Waals surface area (Å²) in [7, 11) is 0. The number of fused-ring (bicyclic) bond motifs is 1. The number of benzene rings is 2. The molecule has 2 aromatic rings. The average molecular weight is 305 g/mol. The van der Waals surface area contributed by atoms with E-state index in [4.69, 9.17) is 4.74 Å². The van der Waals surface area contributed by atoms with Crippen LogP contribution in [0.3, 0.4) is 0 Å². The van der Waals surface area contributed by atoms with Gasteiger partial charge in [-0.2, -0.15) is 0 Å². The predicted octanol–water partition coefficient (Wildman–Crippen LogP) is 3.96. The summed E-state index contributed by atoms with van der Waals surface area (Å²) in [5, 5.41) is 6.55. The van der Waals surface area contributed by atoms with Gasteiger partial charge in [0.2, 0.25) is 6.35 Å². The largest absolute Gasteiger partial charge is 0.453 e. The SMILES string of the molecule is Cc1ccc(O[C@H]2Nc3ccc(Br)cc3N2)cc1. The number of aryl methyl sites for hydroxylation is 1. The lowest BCUT2D eigenvalue weighted by Gasteiger charge is -2.14. The van der Waals surface area contributed by atoms with Gasteiger partial charge in [-0.05, 0) is 37.3 Å². The van der Waals surface area contributed by atoms with Crippen molar-refractivity contribution in [1.82, 2.24) is 0 Å². The molecule has 1 heterocycles. The lowest BCUT2D eigenvalue weighted by atomic mass is 10.2. The molecule has 3 nitrogen and oxygen atoms in total. The molecule has 2 aromatic carbocycles. The van der Waals surface area contributed by atoms with Crippen LogP contribution in [-0.4, -0.2) is 6.35 Å². The molecule has 1 atom stereocenters. The molecular weight excluding hydrogens is 292 g/mol. The number of rotatable bonds is 2. The van der Waals surface area contributed by atoms with E-state index in [0.717, 1.165) is 21.6 Å². The van der Waals surface area contributed by atoms with Crippen molar-refractivity contribution < 1.29 is 4.74 Å². The van der Waals surface area contributed by atoms with Crippen LogP contribution in [0.15, 0.2) is 46.9 Å². The quantitative estimate of drug-likeness (QED) is 0.881. The number of halogens is 1. The summed E-state index contributed by atoms with van der Waals surface area (Å²) in [6.45, 7) is 2.06. The summed E-state index contributed by atoms with van der Waals surface area (Å²) in [6.07, 6.45) is -0.225. The zero-order valence-corrected chi connectivity index (χ0v) is 11.5. The van der Waals surface area contributed by atoms with Gasteiger partial charge < -0.3 is 15.4 Å². The van der Waals surface area contributed by atoms with Crippen LogP contribution in [0, 0.1) is 6.92 Å². The second-order valence-electron chi connectivity index (χ2n) is 4.29. The van der Waals surface area contributed by atoms with Crippen molar-refractivity contribution in [3.8, 4) is 5.75 Å². The molecule has 18 heavy (non-hydrogen) atoms. The average Bonchev–Trinajstić information content (AvgIpc) is 2.73. The summed E-state index contributed by atoms with van der Waals surface area (Å²) in [5.74, 6) is 0.845. The Bertz CT molecular complexity index is 569. The maximum absolute atomic E-state index is 5.82. The van der Waals surface area contributed by atoms with Gasteiger partial charge in [-0.1, -0.05) is 33.6 Å². The van der Waals surface area contributed by atoms with E-state index >= 15 is 0 Å². The van der Waals surface area contributed by atoms with Crippen molar-refractivity contribution in [2.24, 2.45) is 0 Å². The molecule has 92 valence electrons. The molecule has 0 unspecified atom stereocenters. The van der Waals surface area contributed by atoms with Crippen LogP contribution in [0.2, 0.25) is 0 Å². The minimum Gasteiger partial charge on any atom is -0.453 e. The fourth-order valence-electron chi connectivity index (χ4n) is 1.89.